The molecule has 0 spiro atoms. The third-order valence-electron chi connectivity index (χ3n) is 3.40. The van der Waals surface area contributed by atoms with Crippen molar-refractivity contribution in [1.82, 2.24) is 4.90 Å². The molecule has 1 saturated carbocycles. The fourth-order valence-corrected chi connectivity index (χ4v) is 2.41. The second kappa shape index (κ2) is 3.75. The Bertz CT molecular complexity index is 145. The van der Waals surface area contributed by atoms with Gasteiger partial charge in [-0.25, -0.2) is 0 Å². The van der Waals surface area contributed by atoms with Crippen LogP contribution in [0.15, 0.2) is 0 Å². The highest BCUT2D eigenvalue weighted by atomic mass is 15.2. The molecule has 1 aliphatic rings. The van der Waals surface area contributed by atoms with Crippen LogP contribution in [0.25, 0.3) is 0 Å². The van der Waals surface area contributed by atoms with Gasteiger partial charge in [0.05, 0.1) is 0 Å². The lowest BCUT2D eigenvalue weighted by molar-refractivity contribution is 0.0841. The quantitative estimate of drug-likeness (QED) is 0.680. The lowest BCUT2D eigenvalue weighted by atomic mass is 9.75. The number of likely N-dealkylation sites (N-methyl/N-ethyl adjacent to an activating group) is 1. The van der Waals surface area contributed by atoms with E-state index >= 15 is 0 Å². The van der Waals surface area contributed by atoms with Gasteiger partial charge in [0.25, 0.3) is 0 Å². The highest BCUT2D eigenvalue weighted by Gasteiger charge is 2.35. The molecule has 1 fully saturated rings. The van der Waals surface area contributed by atoms with Gasteiger partial charge in [-0.3, -0.25) is 0 Å². The third kappa shape index (κ3) is 1.80. The van der Waals surface area contributed by atoms with Crippen LogP contribution in [0.1, 0.15) is 32.6 Å². The van der Waals surface area contributed by atoms with Crippen molar-refractivity contribution in [3.8, 4) is 0 Å². The Morgan fingerprint density at radius 3 is 2.50 bits per heavy atom. The van der Waals surface area contributed by atoms with Crippen LogP contribution < -0.4 is 5.73 Å². The van der Waals surface area contributed by atoms with E-state index in [1.54, 1.807) is 0 Å². The van der Waals surface area contributed by atoms with Gasteiger partial charge in [0.2, 0.25) is 0 Å². The van der Waals surface area contributed by atoms with Crippen LogP contribution in [0, 0.1) is 5.92 Å². The zero-order valence-corrected chi connectivity index (χ0v) is 8.64. The van der Waals surface area contributed by atoms with E-state index in [4.69, 9.17) is 5.73 Å². The van der Waals surface area contributed by atoms with E-state index in [0.717, 1.165) is 12.5 Å². The maximum atomic E-state index is 5.86. The average Bonchev–Trinajstić information content (AvgIpc) is 2.04. The molecule has 0 amide bonds. The average molecular weight is 170 g/mol. The first-order valence-electron chi connectivity index (χ1n) is 4.98. The maximum Gasteiger partial charge on any atom is 0.0328 e. The number of nitrogens with zero attached hydrogens (tertiary/aromatic N) is 1. The molecule has 2 nitrogen and oxygen atoms in total. The van der Waals surface area contributed by atoms with E-state index in [0.29, 0.717) is 5.54 Å². The fraction of sp³-hybridized carbons (Fsp3) is 1.00. The highest BCUT2D eigenvalue weighted by Crippen LogP contribution is 2.34. The van der Waals surface area contributed by atoms with Crippen molar-refractivity contribution >= 4 is 0 Å². The number of hydrogen-bond acceptors (Lipinski definition) is 2. The molecular formula is C10H22N2. The van der Waals surface area contributed by atoms with Crippen LogP contribution in [0.2, 0.25) is 0 Å². The fourth-order valence-electron chi connectivity index (χ4n) is 2.41. The van der Waals surface area contributed by atoms with Crippen LogP contribution in [0.3, 0.4) is 0 Å². The van der Waals surface area contributed by atoms with Crippen molar-refractivity contribution in [2.75, 3.05) is 20.6 Å². The second-order valence-electron chi connectivity index (χ2n) is 4.52. The summed E-state index contributed by atoms with van der Waals surface area (Å²) in [5, 5.41) is 0. The zero-order valence-electron chi connectivity index (χ0n) is 8.64. The van der Waals surface area contributed by atoms with Gasteiger partial charge in [0, 0.05) is 12.1 Å². The molecule has 12 heavy (non-hydrogen) atoms. The summed E-state index contributed by atoms with van der Waals surface area (Å²) in [6, 6.07) is 0. The lowest BCUT2D eigenvalue weighted by Gasteiger charge is -2.44. The topological polar surface area (TPSA) is 29.3 Å². The van der Waals surface area contributed by atoms with E-state index in [1.165, 1.54) is 25.7 Å². The van der Waals surface area contributed by atoms with E-state index in [9.17, 15) is 0 Å². The number of rotatable bonds is 2. The highest BCUT2D eigenvalue weighted by molar-refractivity contribution is 4.93. The van der Waals surface area contributed by atoms with Gasteiger partial charge in [0.1, 0.15) is 0 Å². The summed E-state index contributed by atoms with van der Waals surface area (Å²) < 4.78 is 0. The van der Waals surface area contributed by atoms with Crippen LogP contribution >= 0.6 is 0 Å². The molecule has 72 valence electrons. The van der Waals surface area contributed by atoms with Gasteiger partial charge in [-0.2, -0.15) is 0 Å². The standard InChI is InChI=1S/C10H22N2/c1-9-5-4-6-10(7-9,8-11)12(2)3/h9H,4-8,11H2,1-3H3. The summed E-state index contributed by atoms with van der Waals surface area (Å²) in [6.07, 6.45) is 5.28. The summed E-state index contributed by atoms with van der Waals surface area (Å²) in [5.41, 5.74) is 6.16. The molecule has 2 N–H and O–H groups in total. The smallest absolute Gasteiger partial charge is 0.0328 e. The molecular weight excluding hydrogens is 148 g/mol. The van der Waals surface area contributed by atoms with Crippen LogP contribution in [0.4, 0.5) is 0 Å². The minimum absolute atomic E-state index is 0.303. The van der Waals surface area contributed by atoms with Gasteiger partial charge in [-0.05, 0) is 32.9 Å². The van der Waals surface area contributed by atoms with E-state index in [-0.39, 0.29) is 0 Å². The van der Waals surface area contributed by atoms with Gasteiger partial charge in [-0.1, -0.05) is 19.8 Å². The summed E-state index contributed by atoms with van der Waals surface area (Å²) in [7, 11) is 4.32. The number of nitrogens with two attached hydrogens (primary N) is 1. The van der Waals surface area contributed by atoms with Crippen LogP contribution in [-0.4, -0.2) is 31.1 Å². The normalized spacial score (nSPS) is 37.2. The molecule has 0 saturated heterocycles. The van der Waals surface area contributed by atoms with Gasteiger partial charge < -0.3 is 10.6 Å². The van der Waals surface area contributed by atoms with Crippen molar-refractivity contribution in [1.29, 1.82) is 0 Å². The molecule has 0 aromatic rings. The molecule has 0 aromatic carbocycles. The molecule has 1 aliphatic carbocycles. The van der Waals surface area contributed by atoms with E-state index < -0.39 is 0 Å². The molecule has 2 atom stereocenters. The molecule has 0 aliphatic heterocycles. The Morgan fingerprint density at radius 1 is 1.50 bits per heavy atom. The van der Waals surface area contributed by atoms with Crippen molar-refractivity contribution in [2.45, 2.75) is 38.1 Å². The summed E-state index contributed by atoms with van der Waals surface area (Å²) in [5.74, 6) is 0.852. The largest absolute Gasteiger partial charge is 0.329 e. The Labute approximate surface area is 76.1 Å². The molecule has 0 radical (unpaired) electrons. The van der Waals surface area contributed by atoms with Crippen molar-refractivity contribution in [2.24, 2.45) is 11.7 Å². The molecule has 1 rings (SSSR count). The first kappa shape index (κ1) is 10.0. The Balaban J connectivity index is 2.64. The van der Waals surface area contributed by atoms with E-state index in [1.807, 2.05) is 0 Å². The first-order valence-corrected chi connectivity index (χ1v) is 4.98. The third-order valence-corrected chi connectivity index (χ3v) is 3.40. The summed E-state index contributed by atoms with van der Waals surface area (Å²) in [6.45, 7) is 3.15. The Kier molecular flexibility index (Phi) is 3.13. The van der Waals surface area contributed by atoms with Crippen molar-refractivity contribution < 1.29 is 0 Å². The van der Waals surface area contributed by atoms with Crippen LogP contribution in [0.5, 0.6) is 0 Å². The lowest BCUT2D eigenvalue weighted by Crippen LogP contribution is -2.52. The predicted molar refractivity (Wildman–Crippen MR) is 53.1 cm³/mol. The van der Waals surface area contributed by atoms with Crippen molar-refractivity contribution in [3.05, 3.63) is 0 Å². The van der Waals surface area contributed by atoms with Gasteiger partial charge in [0.15, 0.2) is 0 Å². The SMILES string of the molecule is CC1CCCC(CN)(N(C)C)C1. The Morgan fingerprint density at radius 2 is 2.17 bits per heavy atom. The molecule has 2 heteroatoms. The summed E-state index contributed by atoms with van der Waals surface area (Å²) >= 11 is 0. The molecule has 2 unspecified atom stereocenters. The summed E-state index contributed by atoms with van der Waals surface area (Å²) in [4.78, 5) is 2.32. The zero-order chi connectivity index (χ0) is 9.19. The Hall–Kier alpha value is -0.0800. The van der Waals surface area contributed by atoms with Crippen molar-refractivity contribution in [3.63, 3.8) is 0 Å². The molecule has 0 aromatic heterocycles. The van der Waals surface area contributed by atoms with Gasteiger partial charge >= 0.3 is 0 Å². The predicted octanol–water partition coefficient (Wildman–Crippen LogP) is 1.46. The minimum Gasteiger partial charge on any atom is -0.329 e. The minimum atomic E-state index is 0.303. The monoisotopic (exact) mass is 170 g/mol. The molecule has 0 heterocycles. The maximum absolute atomic E-state index is 5.86. The molecule has 0 bridgehead atoms. The van der Waals surface area contributed by atoms with E-state index in [2.05, 4.69) is 25.9 Å². The second-order valence-corrected chi connectivity index (χ2v) is 4.52. The van der Waals surface area contributed by atoms with Gasteiger partial charge in [-0.15, -0.1) is 0 Å². The van der Waals surface area contributed by atoms with Crippen LogP contribution in [-0.2, 0) is 0 Å². The number of hydrogen-bond donors (Lipinski definition) is 1. The first-order chi connectivity index (χ1) is 5.60.